The van der Waals surface area contributed by atoms with Crippen LogP contribution >= 0.6 is 0 Å². The summed E-state index contributed by atoms with van der Waals surface area (Å²) in [6.45, 7) is 2.32. The van der Waals surface area contributed by atoms with Gasteiger partial charge in [-0.1, -0.05) is 0 Å². The molecule has 1 heterocycles. The second-order valence-corrected chi connectivity index (χ2v) is 5.81. The molecule has 1 saturated heterocycles. The zero-order chi connectivity index (χ0) is 13.7. The minimum atomic E-state index is -0.588. The van der Waals surface area contributed by atoms with Gasteiger partial charge in [0.2, 0.25) is 5.91 Å². The van der Waals surface area contributed by atoms with Crippen molar-refractivity contribution in [3.63, 3.8) is 0 Å². The van der Waals surface area contributed by atoms with E-state index in [-0.39, 0.29) is 5.91 Å². The number of piperidine rings is 1. The maximum atomic E-state index is 12.1. The summed E-state index contributed by atoms with van der Waals surface area (Å²) in [5, 5.41) is 15.5. The molecule has 2 fully saturated rings. The summed E-state index contributed by atoms with van der Waals surface area (Å²) < 4.78 is 0. The standard InChI is InChI=1S/C14H24N4O/c1-16-12-5-4-8-18(9-12)10-13(19)17-14(11-15)6-2-3-7-14/h12,16H,2-10H2,1H3,(H,17,19). The average Bonchev–Trinajstić information content (AvgIpc) is 2.88. The lowest BCUT2D eigenvalue weighted by Crippen LogP contribution is -2.52. The summed E-state index contributed by atoms with van der Waals surface area (Å²) in [5.41, 5.74) is -0.588. The predicted octanol–water partition coefficient (Wildman–Crippen LogP) is 0.623. The van der Waals surface area contributed by atoms with Crippen molar-refractivity contribution in [2.75, 3.05) is 26.7 Å². The number of nitrogens with zero attached hydrogens (tertiary/aromatic N) is 2. The molecule has 2 rings (SSSR count). The lowest BCUT2D eigenvalue weighted by atomic mass is 10.00. The summed E-state index contributed by atoms with van der Waals surface area (Å²) in [4.78, 5) is 14.3. The van der Waals surface area contributed by atoms with E-state index in [0.717, 1.165) is 45.2 Å². The highest BCUT2D eigenvalue weighted by molar-refractivity contribution is 5.79. The molecule has 0 aromatic carbocycles. The van der Waals surface area contributed by atoms with E-state index in [4.69, 9.17) is 0 Å². The summed E-state index contributed by atoms with van der Waals surface area (Å²) in [6, 6.07) is 2.79. The number of carbonyl (C=O) groups is 1. The first-order valence-electron chi connectivity index (χ1n) is 7.29. The van der Waals surface area contributed by atoms with Crippen LogP contribution in [-0.2, 0) is 4.79 Å². The van der Waals surface area contributed by atoms with E-state index in [9.17, 15) is 10.1 Å². The van der Waals surface area contributed by atoms with Gasteiger partial charge in [-0.3, -0.25) is 9.69 Å². The number of hydrogen-bond acceptors (Lipinski definition) is 4. The van der Waals surface area contributed by atoms with Crippen molar-refractivity contribution >= 4 is 5.91 Å². The lowest BCUT2D eigenvalue weighted by Gasteiger charge is -2.32. The monoisotopic (exact) mass is 264 g/mol. The summed E-state index contributed by atoms with van der Waals surface area (Å²) in [6.07, 6.45) is 5.99. The highest BCUT2D eigenvalue weighted by Crippen LogP contribution is 2.28. The molecule has 5 heteroatoms. The zero-order valence-corrected chi connectivity index (χ0v) is 11.7. The summed E-state index contributed by atoms with van der Waals surface area (Å²) in [5.74, 6) is 0.000188. The van der Waals surface area contributed by atoms with E-state index in [0.29, 0.717) is 12.6 Å². The molecule has 1 unspecified atom stereocenters. The highest BCUT2D eigenvalue weighted by Gasteiger charge is 2.35. The molecule has 0 spiro atoms. The molecule has 0 bridgehead atoms. The van der Waals surface area contributed by atoms with Gasteiger partial charge >= 0.3 is 0 Å². The van der Waals surface area contributed by atoms with Gasteiger partial charge in [-0.15, -0.1) is 0 Å². The second kappa shape index (κ2) is 6.36. The van der Waals surface area contributed by atoms with Crippen LogP contribution in [0, 0.1) is 11.3 Å². The molecular formula is C14H24N4O. The van der Waals surface area contributed by atoms with Crippen LogP contribution in [-0.4, -0.2) is 49.1 Å². The Kier molecular flexibility index (Phi) is 4.78. The molecular weight excluding hydrogens is 240 g/mol. The van der Waals surface area contributed by atoms with Gasteiger partial charge in [0.25, 0.3) is 0 Å². The first-order valence-corrected chi connectivity index (χ1v) is 7.29. The van der Waals surface area contributed by atoms with Gasteiger partial charge in [-0.05, 0) is 52.1 Å². The molecule has 0 aromatic heterocycles. The van der Waals surface area contributed by atoms with Crippen molar-refractivity contribution in [2.45, 2.75) is 50.1 Å². The Morgan fingerprint density at radius 1 is 1.42 bits per heavy atom. The van der Waals surface area contributed by atoms with Crippen molar-refractivity contribution in [1.82, 2.24) is 15.5 Å². The molecule has 1 atom stereocenters. The van der Waals surface area contributed by atoms with Crippen LogP contribution in [0.5, 0.6) is 0 Å². The van der Waals surface area contributed by atoms with Crippen LogP contribution in [0.3, 0.4) is 0 Å². The van der Waals surface area contributed by atoms with Crippen molar-refractivity contribution in [1.29, 1.82) is 5.26 Å². The van der Waals surface area contributed by atoms with Crippen molar-refractivity contribution in [3.8, 4) is 6.07 Å². The number of likely N-dealkylation sites (tertiary alicyclic amines) is 1. The normalized spacial score (nSPS) is 26.8. The third-order valence-corrected chi connectivity index (χ3v) is 4.33. The van der Waals surface area contributed by atoms with E-state index in [2.05, 4.69) is 21.6 Å². The maximum Gasteiger partial charge on any atom is 0.235 e. The van der Waals surface area contributed by atoms with Gasteiger partial charge < -0.3 is 10.6 Å². The van der Waals surface area contributed by atoms with Crippen molar-refractivity contribution in [2.24, 2.45) is 0 Å². The third kappa shape index (κ3) is 3.68. The fourth-order valence-electron chi connectivity index (χ4n) is 3.19. The SMILES string of the molecule is CNC1CCCN(CC(=O)NC2(C#N)CCCC2)C1. The summed E-state index contributed by atoms with van der Waals surface area (Å²) >= 11 is 0. The predicted molar refractivity (Wildman–Crippen MR) is 73.5 cm³/mol. The topological polar surface area (TPSA) is 68.2 Å². The van der Waals surface area contributed by atoms with E-state index in [1.165, 1.54) is 6.42 Å². The molecule has 19 heavy (non-hydrogen) atoms. The van der Waals surface area contributed by atoms with E-state index in [1.807, 2.05) is 7.05 Å². The van der Waals surface area contributed by atoms with Gasteiger partial charge in [0, 0.05) is 12.6 Å². The van der Waals surface area contributed by atoms with Crippen LogP contribution in [0.25, 0.3) is 0 Å². The minimum absolute atomic E-state index is 0.000188. The van der Waals surface area contributed by atoms with Gasteiger partial charge in [-0.2, -0.15) is 5.26 Å². The van der Waals surface area contributed by atoms with Gasteiger partial charge in [0.05, 0.1) is 12.6 Å². The second-order valence-electron chi connectivity index (χ2n) is 5.81. The fraction of sp³-hybridized carbons (Fsp3) is 0.857. The van der Waals surface area contributed by atoms with E-state index >= 15 is 0 Å². The van der Waals surface area contributed by atoms with Crippen LogP contribution in [0.2, 0.25) is 0 Å². The molecule has 2 N–H and O–H groups in total. The molecule has 0 radical (unpaired) electrons. The van der Waals surface area contributed by atoms with Gasteiger partial charge in [-0.25, -0.2) is 0 Å². The number of rotatable bonds is 4. The van der Waals surface area contributed by atoms with Crippen LogP contribution in [0.4, 0.5) is 0 Å². The molecule has 106 valence electrons. The van der Waals surface area contributed by atoms with Gasteiger partial charge in [0.15, 0.2) is 0 Å². The molecule has 0 aromatic rings. The number of nitrogens with one attached hydrogen (secondary N) is 2. The van der Waals surface area contributed by atoms with Gasteiger partial charge in [0.1, 0.15) is 5.54 Å². The molecule has 1 aliphatic heterocycles. The number of likely N-dealkylation sites (N-methyl/N-ethyl adjacent to an activating group) is 1. The minimum Gasteiger partial charge on any atom is -0.337 e. The van der Waals surface area contributed by atoms with Crippen LogP contribution in [0.1, 0.15) is 38.5 Å². The number of hydrogen-bond donors (Lipinski definition) is 2. The molecule has 1 amide bonds. The Morgan fingerprint density at radius 3 is 2.79 bits per heavy atom. The first-order chi connectivity index (χ1) is 9.17. The smallest absolute Gasteiger partial charge is 0.235 e. The molecule has 1 saturated carbocycles. The number of nitriles is 1. The van der Waals surface area contributed by atoms with Crippen LogP contribution in [0.15, 0.2) is 0 Å². The largest absolute Gasteiger partial charge is 0.337 e. The lowest BCUT2D eigenvalue weighted by molar-refractivity contribution is -0.123. The fourth-order valence-corrected chi connectivity index (χ4v) is 3.19. The van der Waals surface area contributed by atoms with E-state index < -0.39 is 5.54 Å². The Morgan fingerprint density at radius 2 is 2.16 bits per heavy atom. The summed E-state index contributed by atoms with van der Waals surface area (Å²) in [7, 11) is 1.97. The molecule has 1 aliphatic carbocycles. The average molecular weight is 264 g/mol. The quantitative estimate of drug-likeness (QED) is 0.781. The van der Waals surface area contributed by atoms with E-state index in [1.54, 1.807) is 0 Å². The Balaban J connectivity index is 1.82. The Bertz CT molecular complexity index is 357. The Labute approximate surface area is 115 Å². The maximum absolute atomic E-state index is 12.1. The van der Waals surface area contributed by atoms with Crippen molar-refractivity contribution < 1.29 is 4.79 Å². The zero-order valence-electron chi connectivity index (χ0n) is 11.7. The third-order valence-electron chi connectivity index (χ3n) is 4.33. The first kappa shape index (κ1) is 14.3. The molecule has 2 aliphatic rings. The number of amides is 1. The van der Waals surface area contributed by atoms with Crippen LogP contribution < -0.4 is 10.6 Å². The molecule has 5 nitrogen and oxygen atoms in total. The number of carbonyl (C=O) groups excluding carboxylic acids is 1. The Hall–Kier alpha value is -1.12. The van der Waals surface area contributed by atoms with Crippen molar-refractivity contribution in [3.05, 3.63) is 0 Å². The highest BCUT2D eigenvalue weighted by atomic mass is 16.2.